The van der Waals surface area contributed by atoms with Crippen LogP contribution in [0.3, 0.4) is 0 Å². The van der Waals surface area contributed by atoms with Gasteiger partial charge in [0.05, 0.1) is 24.0 Å². The average molecular weight is 469 g/mol. The van der Waals surface area contributed by atoms with Gasteiger partial charge in [0.15, 0.2) is 5.82 Å². The standard InChI is InChI=1S/C19H20N6O2S.2ClH/c1-10-3-11-5-15(28-18(11)14(4-10)27-2)13-6-12(7-22-8-16(20)26)25-17(13)19(21)23-9-24-25;;/h3-6,9,22H,7-8H2,1-2H3,(H2,20,26)(H2,21,23,24);2*1H. The predicted octanol–water partition coefficient (Wildman–Crippen LogP) is 2.93. The maximum atomic E-state index is 11.0. The Labute approximate surface area is 189 Å². The molecule has 0 saturated carbocycles. The summed E-state index contributed by atoms with van der Waals surface area (Å²) in [6, 6.07) is 8.29. The lowest BCUT2D eigenvalue weighted by molar-refractivity contribution is -0.117. The van der Waals surface area contributed by atoms with Gasteiger partial charge in [-0.05, 0) is 36.1 Å². The van der Waals surface area contributed by atoms with Crippen LogP contribution in [0.2, 0.25) is 0 Å². The summed E-state index contributed by atoms with van der Waals surface area (Å²) in [5, 5.41) is 8.46. The molecule has 0 aliphatic rings. The van der Waals surface area contributed by atoms with Gasteiger partial charge in [0.2, 0.25) is 5.91 Å². The van der Waals surface area contributed by atoms with Crippen LogP contribution >= 0.6 is 36.2 Å². The number of ether oxygens (including phenoxy) is 1. The van der Waals surface area contributed by atoms with E-state index < -0.39 is 5.91 Å². The molecule has 4 aromatic rings. The Morgan fingerprint density at radius 1 is 1.27 bits per heavy atom. The van der Waals surface area contributed by atoms with E-state index in [1.165, 1.54) is 6.33 Å². The van der Waals surface area contributed by atoms with Gasteiger partial charge in [-0.25, -0.2) is 9.50 Å². The number of carbonyl (C=O) groups excluding carboxylic acids is 1. The first kappa shape index (κ1) is 23.7. The lowest BCUT2D eigenvalue weighted by Crippen LogP contribution is -2.28. The fourth-order valence-electron chi connectivity index (χ4n) is 3.31. The Kier molecular flexibility index (Phi) is 7.49. The minimum absolute atomic E-state index is 0. The quantitative estimate of drug-likeness (QED) is 0.399. The van der Waals surface area contributed by atoms with E-state index in [0.29, 0.717) is 12.4 Å². The minimum atomic E-state index is -0.415. The second kappa shape index (κ2) is 9.48. The molecule has 0 atom stereocenters. The third-order valence-corrected chi connectivity index (χ3v) is 5.67. The van der Waals surface area contributed by atoms with Gasteiger partial charge in [-0.1, -0.05) is 6.07 Å². The first-order chi connectivity index (χ1) is 13.5. The van der Waals surface area contributed by atoms with Crippen LogP contribution in [0.5, 0.6) is 5.75 Å². The van der Waals surface area contributed by atoms with Crippen molar-refractivity contribution in [2.45, 2.75) is 13.5 Å². The van der Waals surface area contributed by atoms with Crippen molar-refractivity contribution in [2.24, 2.45) is 5.73 Å². The Hall–Kier alpha value is -2.59. The van der Waals surface area contributed by atoms with Gasteiger partial charge in [-0.15, -0.1) is 36.2 Å². The Balaban J connectivity index is 0.00000160. The largest absolute Gasteiger partial charge is 0.495 e. The molecule has 30 heavy (non-hydrogen) atoms. The third-order valence-electron chi connectivity index (χ3n) is 4.47. The van der Waals surface area contributed by atoms with Crippen LogP contribution in [-0.2, 0) is 11.3 Å². The number of fused-ring (bicyclic) bond motifs is 2. The minimum Gasteiger partial charge on any atom is -0.495 e. The van der Waals surface area contributed by atoms with Crippen molar-refractivity contribution in [3.8, 4) is 16.2 Å². The maximum Gasteiger partial charge on any atom is 0.231 e. The smallest absolute Gasteiger partial charge is 0.231 e. The third kappa shape index (κ3) is 4.29. The zero-order valence-corrected chi connectivity index (χ0v) is 18.8. The second-order valence-corrected chi connectivity index (χ2v) is 7.57. The number of primary amides is 1. The van der Waals surface area contributed by atoms with E-state index in [9.17, 15) is 4.79 Å². The summed E-state index contributed by atoms with van der Waals surface area (Å²) in [7, 11) is 1.68. The Morgan fingerprint density at radius 3 is 2.73 bits per heavy atom. The molecule has 1 amide bonds. The first-order valence-electron chi connectivity index (χ1n) is 8.66. The fourth-order valence-corrected chi connectivity index (χ4v) is 4.46. The predicted molar refractivity (Wildman–Crippen MR) is 125 cm³/mol. The first-order valence-corrected chi connectivity index (χ1v) is 9.48. The number of aryl methyl sites for hydroxylation is 1. The van der Waals surface area contributed by atoms with Gasteiger partial charge in [0.1, 0.15) is 17.6 Å². The molecule has 0 fully saturated rings. The number of nitrogens with one attached hydrogen (secondary N) is 1. The van der Waals surface area contributed by atoms with Crippen molar-refractivity contribution in [1.82, 2.24) is 19.9 Å². The normalized spacial score (nSPS) is 10.6. The zero-order valence-electron chi connectivity index (χ0n) is 16.3. The number of anilines is 1. The number of benzene rings is 1. The van der Waals surface area contributed by atoms with E-state index in [4.69, 9.17) is 16.2 Å². The van der Waals surface area contributed by atoms with Crippen LogP contribution in [-0.4, -0.2) is 34.2 Å². The summed E-state index contributed by atoms with van der Waals surface area (Å²) < 4.78 is 8.38. The number of halogens is 2. The number of nitrogens with zero attached hydrogens (tertiary/aromatic N) is 3. The van der Waals surface area contributed by atoms with Crippen LogP contribution in [0.25, 0.3) is 26.0 Å². The summed E-state index contributed by atoms with van der Waals surface area (Å²) in [4.78, 5) is 16.2. The number of methoxy groups -OCH3 is 1. The number of amides is 1. The summed E-state index contributed by atoms with van der Waals surface area (Å²) in [6.45, 7) is 2.55. The van der Waals surface area contributed by atoms with E-state index in [2.05, 4.69) is 27.5 Å². The number of aromatic nitrogens is 3. The number of nitrogens with two attached hydrogens (primary N) is 2. The molecule has 0 spiro atoms. The zero-order chi connectivity index (χ0) is 19.8. The van der Waals surface area contributed by atoms with Crippen LogP contribution in [0.15, 0.2) is 30.6 Å². The highest BCUT2D eigenvalue weighted by Gasteiger charge is 2.18. The number of hydrogen-bond donors (Lipinski definition) is 3. The van der Waals surface area contributed by atoms with Gasteiger partial charge in [-0.3, -0.25) is 4.79 Å². The van der Waals surface area contributed by atoms with E-state index in [1.807, 2.05) is 19.1 Å². The van der Waals surface area contributed by atoms with Crippen LogP contribution in [0.4, 0.5) is 5.82 Å². The molecular weight excluding hydrogens is 447 g/mol. The average Bonchev–Trinajstić information content (AvgIpc) is 3.23. The molecule has 1 aromatic carbocycles. The molecule has 0 aliphatic heterocycles. The number of rotatable bonds is 6. The monoisotopic (exact) mass is 468 g/mol. The van der Waals surface area contributed by atoms with Crippen LogP contribution in [0.1, 0.15) is 11.3 Å². The van der Waals surface area contributed by atoms with Crippen molar-refractivity contribution in [3.05, 3.63) is 41.9 Å². The molecule has 5 N–H and O–H groups in total. The SMILES string of the molecule is COc1cc(C)cc2cc(-c3cc(CNCC(N)=O)n4ncnc(N)c34)sc12.Cl.Cl. The summed E-state index contributed by atoms with van der Waals surface area (Å²) in [5.74, 6) is 0.830. The van der Waals surface area contributed by atoms with Gasteiger partial charge >= 0.3 is 0 Å². The summed E-state index contributed by atoms with van der Waals surface area (Å²) in [5.41, 5.74) is 15.1. The molecule has 160 valence electrons. The Bertz CT molecular complexity index is 1210. The van der Waals surface area contributed by atoms with Crippen LogP contribution in [0, 0.1) is 6.92 Å². The molecule has 0 unspecified atom stereocenters. The summed E-state index contributed by atoms with van der Waals surface area (Å²) >= 11 is 1.63. The molecule has 3 heterocycles. The molecule has 0 bridgehead atoms. The topological polar surface area (TPSA) is 121 Å². The van der Waals surface area contributed by atoms with Crippen molar-refractivity contribution < 1.29 is 9.53 Å². The number of carbonyl (C=O) groups is 1. The number of thiophene rings is 1. The lowest BCUT2D eigenvalue weighted by Gasteiger charge is -2.03. The van der Waals surface area contributed by atoms with E-state index in [0.717, 1.165) is 43.1 Å². The van der Waals surface area contributed by atoms with Gasteiger partial charge in [0.25, 0.3) is 0 Å². The van der Waals surface area contributed by atoms with E-state index in [1.54, 1.807) is 23.0 Å². The van der Waals surface area contributed by atoms with E-state index in [-0.39, 0.29) is 31.4 Å². The van der Waals surface area contributed by atoms with E-state index >= 15 is 0 Å². The number of hydrogen-bond acceptors (Lipinski definition) is 7. The van der Waals surface area contributed by atoms with Gasteiger partial charge in [0, 0.05) is 17.0 Å². The van der Waals surface area contributed by atoms with Crippen molar-refractivity contribution in [2.75, 3.05) is 19.4 Å². The molecule has 11 heteroatoms. The molecule has 4 rings (SSSR count). The van der Waals surface area contributed by atoms with Gasteiger partial charge in [-0.2, -0.15) is 5.10 Å². The molecule has 0 aliphatic carbocycles. The lowest BCUT2D eigenvalue weighted by atomic mass is 10.1. The van der Waals surface area contributed by atoms with Gasteiger partial charge < -0.3 is 21.5 Å². The fraction of sp³-hybridized carbons (Fsp3) is 0.211. The molecule has 3 aromatic heterocycles. The van der Waals surface area contributed by atoms with Crippen LogP contribution < -0.4 is 21.5 Å². The summed E-state index contributed by atoms with van der Waals surface area (Å²) in [6.07, 6.45) is 1.42. The number of nitrogen functional groups attached to an aromatic ring is 1. The molecular formula is C19H22Cl2N6O2S. The maximum absolute atomic E-state index is 11.0. The highest BCUT2D eigenvalue weighted by atomic mass is 35.5. The second-order valence-electron chi connectivity index (χ2n) is 6.52. The van der Waals surface area contributed by atoms with Crippen molar-refractivity contribution in [1.29, 1.82) is 0 Å². The van der Waals surface area contributed by atoms with Crippen molar-refractivity contribution >= 4 is 63.5 Å². The highest BCUT2D eigenvalue weighted by molar-refractivity contribution is 7.22. The molecule has 8 nitrogen and oxygen atoms in total. The Morgan fingerprint density at radius 2 is 2.03 bits per heavy atom. The molecule has 0 radical (unpaired) electrons. The molecule has 0 saturated heterocycles. The highest BCUT2D eigenvalue weighted by Crippen LogP contribution is 2.42. The van der Waals surface area contributed by atoms with Crippen molar-refractivity contribution in [3.63, 3.8) is 0 Å².